The van der Waals surface area contributed by atoms with Gasteiger partial charge in [0.05, 0.1) is 0 Å². The van der Waals surface area contributed by atoms with Crippen molar-refractivity contribution < 1.29 is 29.4 Å². The maximum absolute atomic E-state index is 13.7. The van der Waals surface area contributed by atoms with Gasteiger partial charge in [0.25, 0.3) is 23.6 Å². The lowest BCUT2D eigenvalue weighted by Crippen LogP contribution is -2.53. The molecule has 4 aromatic rings. The number of hydrogen-bond donors (Lipinski definition) is 4. The number of amides is 4. The summed E-state index contributed by atoms with van der Waals surface area (Å²) in [6.45, 7) is 5.61. The number of nitrogens with zero attached hydrogens (tertiary/aromatic N) is 4. The zero-order chi connectivity index (χ0) is 48.3. The molecule has 5 fully saturated rings. The predicted octanol–water partition coefficient (Wildman–Crippen LogP) is 8.03. The van der Waals surface area contributed by atoms with Crippen molar-refractivity contribution >= 4 is 36.1 Å². The first kappa shape index (κ1) is 48.1. The predicted molar refractivity (Wildman–Crippen MR) is 269 cm³/mol. The van der Waals surface area contributed by atoms with Gasteiger partial charge in [-0.2, -0.15) is 0 Å². The van der Waals surface area contributed by atoms with Crippen LogP contribution in [-0.4, -0.2) is 129 Å². The van der Waals surface area contributed by atoms with E-state index in [4.69, 9.17) is 10.8 Å². The minimum atomic E-state index is -1.30. The maximum Gasteiger partial charge on any atom is 0.254 e. The van der Waals surface area contributed by atoms with Crippen LogP contribution < -0.4 is 0 Å². The van der Waals surface area contributed by atoms with Gasteiger partial charge in [-0.1, -0.05) is 99.7 Å². The normalized spacial score (nSPS) is 22.5. The van der Waals surface area contributed by atoms with Crippen LogP contribution in [0.3, 0.4) is 0 Å². The largest absolute Gasteiger partial charge is 0.380 e. The van der Waals surface area contributed by atoms with Gasteiger partial charge in [0, 0.05) is 81.8 Å². The van der Waals surface area contributed by atoms with Crippen LogP contribution in [0.15, 0.2) is 84.9 Å². The fourth-order valence-electron chi connectivity index (χ4n) is 11.0. The Labute approximate surface area is 406 Å². The summed E-state index contributed by atoms with van der Waals surface area (Å²) in [5.74, 6) is 0.343. The zero-order valence-electron chi connectivity index (χ0n) is 40.1. The summed E-state index contributed by atoms with van der Waals surface area (Å²) < 4.78 is 0. The highest BCUT2D eigenvalue weighted by molar-refractivity contribution is 5.96. The molecule has 4 amide bonds. The van der Waals surface area contributed by atoms with Gasteiger partial charge in [-0.15, -0.1) is 0 Å². The van der Waals surface area contributed by atoms with Crippen molar-refractivity contribution in [2.24, 2.45) is 17.8 Å². The molecule has 12 heteroatoms. The average Bonchev–Trinajstić information content (AvgIpc) is 4.35. The molecule has 3 aliphatic carbocycles. The Hall–Kier alpha value is -5.98. The molecule has 0 aromatic heterocycles. The van der Waals surface area contributed by atoms with Crippen LogP contribution in [0.1, 0.15) is 121 Å². The van der Waals surface area contributed by atoms with Crippen LogP contribution in [0, 0.1) is 28.6 Å². The Morgan fingerprint density at radius 1 is 0.580 bits per heavy atom. The third-order valence-corrected chi connectivity index (χ3v) is 15.8. The minimum absolute atomic E-state index is 0.00266. The monoisotopic (exact) mass is 933 g/mol. The van der Waals surface area contributed by atoms with Crippen molar-refractivity contribution in [1.29, 1.82) is 10.8 Å². The highest BCUT2D eigenvalue weighted by Gasteiger charge is 2.67. The van der Waals surface area contributed by atoms with Crippen LogP contribution in [0.25, 0.3) is 22.3 Å². The molecule has 69 heavy (non-hydrogen) atoms. The van der Waals surface area contributed by atoms with E-state index in [1.165, 1.54) is 37.3 Å². The molecule has 0 bridgehead atoms. The molecule has 2 aliphatic heterocycles. The Kier molecular flexibility index (Phi) is 14.3. The average molecular weight is 933 g/mol. The molecule has 2 heterocycles. The summed E-state index contributed by atoms with van der Waals surface area (Å²) in [4.78, 5) is 60.0. The van der Waals surface area contributed by atoms with Crippen LogP contribution >= 0.6 is 0 Å². The SMILES string of the molecule is CCCCCCc1cc(-c2ccc(C(=O)N3CCN(C(=O)C4(O)CC4C4CC4CCCCc4cc(-c5ccc(C(=O)N6CCN(C(=O)C7(O)CC7)CC6)cc5)ccc4C=N)CC3)cc2)ccc1C=N. The van der Waals surface area contributed by atoms with E-state index in [2.05, 4.69) is 19.1 Å². The summed E-state index contributed by atoms with van der Waals surface area (Å²) in [6, 6.07) is 27.7. The number of unbranched alkanes of at least 4 members (excludes halogenated alkanes) is 4. The van der Waals surface area contributed by atoms with Crippen molar-refractivity contribution in [2.45, 2.75) is 102 Å². The van der Waals surface area contributed by atoms with Crippen LogP contribution in [0.4, 0.5) is 0 Å². The number of benzene rings is 4. The van der Waals surface area contributed by atoms with Gasteiger partial charge >= 0.3 is 0 Å². The topological polar surface area (TPSA) is 169 Å². The summed E-state index contributed by atoms with van der Waals surface area (Å²) in [5.41, 5.74) is 7.01. The van der Waals surface area contributed by atoms with E-state index in [1.807, 2.05) is 72.8 Å². The van der Waals surface area contributed by atoms with Crippen molar-refractivity contribution in [3.05, 3.63) is 118 Å². The number of carbonyl (C=O) groups excluding carboxylic acids is 4. The van der Waals surface area contributed by atoms with Gasteiger partial charge in [0.15, 0.2) is 0 Å². The van der Waals surface area contributed by atoms with Crippen LogP contribution in [0.5, 0.6) is 0 Å². The molecule has 2 saturated heterocycles. The highest BCUT2D eigenvalue weighted by atomic mass is 16.3. The van der Waals surface area contributed by atoms with E-state index >= 15 is 0 Å². The molecule has 4 unspecified atom stereocenters. The molecule has 5 aliphatic rings. The number of rotatable bonds is 19. The van der Waals surface area contributed by atoms with Crippen molar-refractivity contribution in [1.82, 2.24) is 19.6 Å². The molecule has 362 valence electrons. The molecule has 3 saturated carbocycles. The Morgan fingerprint density at radius 3 is 1.49 bits per heavy atom. The molecule has 12 nitrogen and oxygen atoms in total. The van der Waals surface area contributed by atoms with E-state index in [1.54, 1.807) is 19.6 Å². The number of hydrogen-bond acceptors (Lipinski definition) is 8. The summed E-state index contributed by atoms with van der Waals surface area (Å²) >= 11 is 0. The molecule has 0 radical (unpaired) electrons. The fourth-order valence-corrected chi connectivity index (χ4v) is 11.0. The molecule has 0 spiro atoms. The summed E-state index contributed by atoms with van der Waals surface area (Å²) in [6.07, 6.45) is 14.9. The van der Waals surface area contributed by atoms with Crippen LogP contribution in [-0.2, 0) is 22.4 Å². The molecule has 4 N–H and O–H groups in total. The second-order valence-corrected chi connectivity index (χ2v) is 20.4. The minimum Gasteiger partial charge on any atom is -0.380 e. The summed E-state index contributed by atoms with van der Waals surface area (Å²) in [5, 5.41) is 37.6. The lowest BCUT2D eigenvalue weighted by Gasteiger charge is -2.36. The Morgan fingerprint density at radius 2 is 1.03 bits per heavy atom. The number of carbonyl (C=O) groups is 4. The molecule has 4 atom stereocenters. The third-order valence-electron chi connectivity index (χ3n) is 15.8. The molecular formula is C57H68N6O6. The second-order valence-electron chi connectivity index (χ2n) is 20.4. The first-order valence-corrected chi connectivity index (χ1v) is 25.5. The van der Waals surface area contributed by atoms with Crippen molar-refractivity contribution in [3.63, 3.8) is 0 Å². The van der Waals surface area contributed by atoms with Crippen LogP contribution in [0.2, 0.25) is 0 Å². The first-order valence-electron chi connectivity index (χ1n) is 25.5. The van der Waals surface area contributed by atoms with E-state index in [-0.39, 0.29) is 29.5 Å². The van der Waals surface area contributed by atoms with E-state index in [0.29, 0.717) is 94.6 Å². The number of nitrogens with one attached hydrogen (secondary N) is 2. The Bertz CT molecular complexity index is 2560. The smallest absolute Gasteiger partial charge is 0.254 e. The maximum atomic E-state index is 13.7. The fraction of sp³-hybridized carbons (Fsp3) is 0.474. The quantitative estimate of drug-likeness (QED) is 0.0548. The zero-order valence-corrected chi connectivity index (χ0v) is 40.1. The lowest BCUT2D eigenvalue weighted by molar-refractivity contribution is -0.145. The van der Waals surface area contributed by atoms with E-state index < -0.39 is 11.2 Å². The van der Waals surface area contributed by atoms with Gasteiger partial charge in [0.1, 0.15) is 11.2 Å². The number of aryl methyl sites for hydroxylation is 2. The summed E-state index contributed by atoms with van der Waals surface area (Å²) in [7, 11) is 0. The van der Waals surface area contributed by atoms with Crippen molar-refractivity contribution in [2.75, 3.05) is 52.4 Å². The third kappa shape index (κ3) is 10.6. The van der Waals surface area contributed by atoms with E-state index in [9.17, 15) is 29.4 Å². The highest BCUT2D eigenvalue weighted by Crippen LogP contribution is 2.62. The van der Waals surface area contributed by atoms with Gasteiger partial charge < -0.3 is 40.6 Å². The molecule has 4 aromatic carbocycles. The van der Waals surface area contributed by atoms with Gasteiger partial charge in [0.2, 0.25) is 0 Å². The van der Waals surface area contributed by atoms with E-state index in [0.717, 1.165) is 83.9 Å². The van der Waals surface area contributed by atoms with Gasteiger partial charge in [-0.3, -0.25) is 19.2 Å². The first-order chi connectivity index (χ1) is 33.4. The Balaban J connectivity index is 0.698. The van der Waals surface area contributed by atoms with Crippen molar-refractivity contribution in [3.8, 4) is 22.3 Å². The number of piperazine rings is 2. The second kappa shape index (κ2) is 20.5. The van der Waals surface area contributed by atoms with Gasteiger partial charge in [-0.25, -0.2) is 0 Å². The standard InChI is InChI=1S/C57H68N6O6/c1-2-3-4-5-8-43-33-45(19-21-48(43)37-58)39-11-17-42(18-12-39)53(65)61-27-31-63(32-28-61)55(67)57(69)36-51(57)50-35-47(50)10-7-6-9-44-34-46(20-22-49(44)38-59)40-13-15-41(16-14-40)52(64)60-25-29-62(30-26-60)54(66)56(68)23-24-56/h11-22,33-34,37-38,47,50-51,58-59,68-69H,2-10,23-32,35-36H2,1H3. The molecular weight excluding hydrogens is 865 g/mol. The molecule has 9 rings (SSSR count). The number of aliphatic hydroxyl groups is 2. The lowest BCUT2D eigenvalue weighted by atomic mass is 9.95. The van der Waals surface area contributed by atoms with Gasteiger partial charge in [-0.05, 0) is 132 Å².